The molecule has 1 aliphatic heterocycles. The van der Waals surface area contributed by atoms with Crippen molar-refractivity contribution in [1.29, 1.82) is 0 Å². The van der Waals surface area contributed by atoms with Crippen LogP contribution >= 0.6 is 11.8 Å². The molecule has 0 aliphatic carbocycles. The molecule has 1 aromatic carbocycles. The summed E-state index contributed by atoms with van der Waals surface area (Å²) >= 11 is 1.03. The van der Waals surface area contributed by atoms with E-state index in [2.05, 4.69) is 21.9 Å². The number of amides is 2. The number of nitrogens with zero attached hydrogens (tertiary/aromatic N) is 2. The molecule has 0 radical (unpaired) electrons. The van der Waals surface area contributed by atoms with Crippen LogP contribution in [0.4, 0.5) is 10.1 Å². The van der Waals surface area contributed by atoms with Gasteiger partial charge in [0, 0.05) is 5.69 Å². The molecule has 108 valence electrons. The van der Waals surface area contributed by atoms with Crippen molar-refractivity contribution in [3.8, 4) is 0 Å². The number of benzene rings is 1. The van der Waals surface area contributed by atoms with Crippen LogP contribution in [0, 0.1) is 5.82 Å². The highest BCUT2D eigenvalue weighted by molar-refractivity contribution is 8.14. The second kappa shape index (κ2) is 6.45. The van der Waals surface area contributed by atoms with Crippen molar-refractivity contribution in [2.45, 2.75) is 6.92 Å². The zero-order valence-electron chi connectivity index (χ0n) is 11.2. The van der Waals surface area contributed by atoms with Gasteiger partial charge in [-0.2, -0.15) is 4.99 Å². The first-order valence-corrected chi connectivity index (χ1v) is 7.00. The fraction of sp³-hybridized carbons (Fsp3) is 0.143. The predicted octanol–water partition coefficient (Wildman–Crippen LogP) is 2.41. The number of halogens is 1. The van der Waals surface area contributed by atoms with Crippen LogP contribution in [0.15, 0.2) is 46.4 Å². The first-order chi connectivity index (χ1) is 9.95. The summed E-state index contributed by atoms with van der Waals surface area (Å²) < 4.78 is 13.0. The average Bonchev–Trinajstić information content (AvgIpc) is 2.42. The van der Waals surface area contributed by atoms with E-state index in [0.717, 1.165) is 11.8 Å². The number of amidine groups is 1. The molecule has 0 aromatic heterocycles. The van der Waals surface area contributed by atoms with Gasteiger partial charge in [0.2, 0.25) is 5.91 Å². The lowest BCUT2D eigenvalue weighted by molar-refractivity contribution is -0.114. The van der Waals surface area contributed by atoms with Crippen LogP contribution in [0.2, 0.25) is 0 Å². The van der Waals surface area contributed by atoms with Crippen molar-refractivity contribution in [3.63, 3.8) is 0 Å². The topological polar surface area (TPSA) is 70.9 Å². The number of rotatable bonds is 3. The summed E-state index contributed by atoms with van der Waals surface area (Å²) in [5, 5.41) is 2.77. The van der Waals surface area contributed by atoms with Crippen molar-refractivity contribution in [3.05, 3.63) is 42.2 Å². The van der Waals surface area contributed by atoms with E-state index in [-0.39, 0.29) is 22.4 Å². The second-order valence-corrected chi connectivity index (χ2v) is 5.16. The third-order valence-electron chi connectivity index (χ3n) is 2.60. The van der Waals surface area contributed by atoms with Gasteiger partial charge >= 0.3 is 0 Å². The van der Waals surface area contributed by atoms with Crippen molar-refractivity contribution in [2.24, 2.45) is 9.98 Å². The average molecular weight is 305 g/mol. The molecule has 0 fully saturated rings. The Kier molecular flexibility index (Phi) is 4.64. The SMILES string of the molecule is C=C1C(=O)N=C(SCC(=O)Nc2cccc(F)c2)N=C1C. The maximum Gasteiger partial charge on any atom is 0.280 e. The Labute approximate surface area is 125 Å². The minimum Gasteiger partial charge on any atom is -0.325 e. The minimum absolute atomic E-state index is 0.0197. The number of aliphatic imine (C=N–C) groups is 2. The molecular weight excluding hydrogens is 293 g/mol. The summed E-state index contributed by atoms with van der Waals surface area (Å²) in [6, 6.07) is 5.59. The standard InChI is InChI=1S/C14H12FN3O2S/c1-8-9(2)16-14(18-13(8)20)21-7-12(19)17-11-5-3-4-10(15)6-11/h3-6H,1,7H2,2H3,(H,17,19). The molecule has 0 spiro atoms. The second-order valence-electron chi connectivity index (χ2n) is 4.22. The number of hydrogen-bond acceptors (Lipinski definition) is 4. The summed E-state index contributed by atoms with van der Waals surface area (Å²) in [5.41, 5.74) is 1.11. The molecule has 0 saturated heterocycles. The first-order valence-electron chi connectivity index (χ1n) is 6.01. The molecule has 21 heavy (non-hydrogen) atoms. The van der Waals surface area contributed by atoms with E-state index < -0.39 is 11.7 Å². The van der Waals surface area contributed by atoms with Gasteiger partial charge in [0.25, 0.3) is 5.91 Å². The molecule has 0 bridgehead atoms. The summed E-state index contributed by atoms with van der Waals surface area (Å²) in [6.07, 6.45) is 0. The molecule has 5 nitrogen and oxygen atoms in total. The molecule has 2 rings (SSSR count). The number of thioether (sulfide) groups is 1. The Morgan fingerprint density at radius 1 is 1.43 bits per heavy atom. The van der Waals surface area contributed by atoms with Crippen LogP contribution in [0.25, 0.3) is 0 Å². The third-order valence-corrected chi connectivity index (χ3v) is 3.44. The summed E-state index contributed by atoms with van der Waals surface area (Å²) in [7, 11) is 0. The Balaban J connectivity index is 1.92. The van der Waals surface area contributed by atoms with Crippen molar-refractivity contribution in [1.82, 2.24) is 0 Å². The fourth-order valence-corrected chi connectivity index (χ4v) is 2.18. The van der Waals surface area contributed by atoms with Gasteiger partial charge in [0.05, 0.1) is 17.0 Å². The minimum atomic E-state index is -0.449. The van der Waals surface area contributed by atoms with Gasteiger partial charge in [-0.15, -0.1) is 0 Å². The Morgan fingerprint density at radius 2 is 2.19 bits per heavy atom. The molecule has 0 unspecified atom stereocenters. The molecule has 7 heteroatoms. The molecule has 1 aliphatic rings. The molecule has 1 N–H and O–H groups in total. The van der Waals surface area contributed by atoms with Gasteiger partial charge in [0.15, 0.2) is 5.17 Å². The van der Waals surface area contributed by atoms with Crippen LogP contribution < -0.4 is 5.32 Å². The van der Waals surface area contributed by atoms with Gasteiger partial charge in [-0.25, -0.2) is 9.38 Å². The number of hydrogen-bond donors (Lipinski definition) is 1. The lowest BCUT2D eigenvalue weighted by Gasteiger charge is -2.09. The number of carbonyl (C=O) groups is 2. The highest BCUT2D eigenvalue weighted by Crippen LogP contribution is 2.15. The highest BCUT2D eigenvalue weighted by atomic mass is 32.2. The first kappa shape index (κ1) is 15.1. The largest absolute Gasteiger partial charge is 0.325 e. The zero-order valence-corrected chi connectivity index (χ0v) is 12.0. The predicted molar refractivity (Wildman–Crippen MR) is 82.2 cm³/mol. The molecule has 1 heterocycles. The van der Waals surface area contributed by atoms with E-state index in [0.29, 0.717) is 11.4 Å². The Morgan fingerprint density at radius 3 is 2.86 bits per heavy atom. The molecule has 1 aromatic rings. The van der Waals surface area contributed by atoms with E-state index >= 15 is 0 Å². The van der Waals surface area contributed by atoms with E-state index in [1.54, 1.807) is 13.0 Å². The molecule has 2 amide bonds. The van der Waals surface area contributed by atoms with Crippen LogP contribution in [-0.2, 0) is 9.59 Å². The number of anilines is 1. The lowest BCUT2D eigenvalue weighted by Crippen LogP contribution is -2.18. The van der Waals surface area contributed by atoms with E-state index in [9.17, 15) is 14.0 Å². The van der Waals surface area contributed by atoms with Gasteiger partial charge in [-0.05, 0) is 25.1 Å². The normalized spacial score (nSPS) is 14.6. The highest BCUT2D eigenvalue weighted by Gasteiger charge is 2.17. The van der Waals surface area contributed by atoms with Crippen LogP contribution in [0.5, 0.6) is 0 Å². The van der Waals surface area contributed by atoms with Gasteiger partial charge in [-0.1, -0.05) is 24.4 Å². The summed E-state index contributed by atoms with van der Waals surface area (Å²) in [5.74, 6) is -1.19. The Bertz CT molecular complexity index is 683. The monoisotopic (exact) mass is 305 g/mol. The van der Waals surface area contributed by atoms with Crippen molar-refractivity contribution >= 4 is 40.1 Å². The number of nitrogens with one attached hydrogen (secondary N) is 1. The van der Waals surface area contributed by atoms with Crippen molar-refractivity contribution in [2.75, 3.05) is 11.1 Å². The maximum atomic E-state index is 13.0. The molecule has 0 saturated carbocycles. The van der Waals surface area contributed by atoms with E-state index in [4.69, 9.17) is 0 Å². The fourth-order valence-electron chi connectivity index (χ4n) is 1.50. The quantitative estimate of drug-likeness (QED) is 0.872. The van der Waals surface area contributed by atoms with Crippen LogP contribution in [-0.4, -0.2) is 28.4 Å². The van der Waals surface area contributed by atoms with Crippen LogP contribution in [0.3, 0.4) is 0 Å². The third kappa shape index (κ3) is 4.09. The summed E-state index contributed by atoms with van der Waals surface area (Å²) in [6.45, 7) is 5.21. The molecular formula is C14H12FN3O2S. The van der Waals surface area contributed by atoms with Gasteiger partial charge < -0.3 is 5.32 Å². The smallest absolute Gasteiger partial charge is 0.280 e. The van der Waals surface area contributed by atoms with Gasteiger partial charge in [-0.3, -0.25) is 9.59 Å². The van der Waals surface area contributed by atoms with E-state index in [1.807, 2.05) is 0 Å². The molecule has 0 atom stereocenters. The van der Waals surface area contributed by atoms with Crippen LogP contribution in [0.1, 0.15) is 6.92 Å². The number of carbonyl (C=O) groups excluding carboxylic acids is 2. The maximum absolute atomic E-state index is 13.0. The Hall–Kier alpha value is -2.28. The van der Waals surface area contributed by atoms with Gasteiger partial charge in [0.1, 0.15) is 5.82 Å². The lowest BCUT2D eigenvalue weighted by atomic mass is 10.2. The van der Waals surface area contributed by atoms with E-state index in [1.165, 1.54) is 18.2 Å². The zero-order chi connectivity index (χ0) is 15.4. The van der Waals surface area contributed by atoms with Crippen molar-refractivity contribution < 1.29 is 14.0 Å². The summed E-state index contributed by atoms with van der Waals surface area (Å²) in [4.78, 5) is 31.0.